The van der Waals surface area contributed by atoms with E-state index in [2.05, 4.69) is 45.5 Å². The normalized spacial score (nSPS) is 10.9. The molecule has 5 rings (SSSR count). The van der Waals surface area contributed by atoms with E-state index in [4.69, 9.17) is 11.7 Å². The van der Waals surface area contributed by atoms with Crippen molar-refractivity contribution in [2.45, 2.75) is 6.92 Å². The minimum absolute atomic E-state index is 0.0230. The standard InChI is InChI=1S/C26H17N11O7/c1-12-19(33-34-20-18(27-2)10-28-37(20)17-5-3-13(4-6-17)21(38)39)11-36(35-12)25-30-24(31-26(44)32-25)29-16-8-14(22(40)41)7-15(9-16)23(42)43/h3-11H,1H3,(H,38,39)(H,40,41)(H,42,43)(H2,29,30,31,32,44). The number of aryl methyl sites for hydroxylation is 1. The third kappa shape index (κ3) is 5.86. The summed E-state index contributed by atoms with van der Waals surface area (Å²) >= 11 is 0. The fraction of sp³-hybridized carbons (Fsp3) is 0.0385. The second-order valence-corrected chi connectivity index (χ2v) is 8.77. The number of nitrogens with zero attached hydrogens (tertiary/aromatic N) is 10. The lowest BCUT2D eigenvalue weighted by atomic mass is 10.1. The second-order valence-electron chi connectivity index (χ2n) is 8.77. The van der Waals surface area contributed by atoms with Gasteiger partial charge in [-0.2, -0.15) is 25.1 Å². The van der Waals surface area contributed by atoms with Crippen molar-refractivity contribution in [3.05, 3.63) is 88.7 Å². The van der Waals surface area contributed by atoms with Crippen LogP contribution >= 0.6 is 0 Å². The molecule has 0 bridgehead atoms. The van der Waals surface area contributed by atoms with Crippen molar-refractivity contribution in [1.82, 2.24) is 34.5 Å². The summed E-state index contributed by atoms with van der Waals surface area (Å²) in [6.07, 6.45) is 2.67. The molecule has 0 aliphatic heterocycles. The van der Waals surface area contributed by atoms with E-state index < -0.39 is 23.9 Å². The molecule has 5 aromatic rings. The molecule has 0 spiro atoms. The predicted molar refractivity (Wildman–Crippen MR) is 148 cm³/mol. The van der Waals surface area contributed by atoms with Gasteiger partial charge in [-0.15, -0.1) is 10.2 Å². The maximum atomic E-state index is 11.4. The van der Waals surface area contributed by atoms with Crippen molar-refractivity contribution in [3.8, 4) is 17.6 Å². The molecule has 18 nitrogen and oxygen atoms in total. The van der Waals surface area contributed by atoms with E-state index in [1.54, 1.807) is 6.92 Å². The molecule has 18 heteroatoms. The zero-order valence-corrected chi connectivity index (χ0v) is 22.2. The van der Waals surface area contributed by atoms with Crippen LogP contribution in [0, 0.1) is 13.5 Å². The number of aromatic nitrogens is 7. The van der Waals surface area contributed by atoms with Crippen LogP contribution in [-0.2, 0) is 0 Å². The molecule has 3 heterocycles. The zero-order chi connectivity index (χ0) is 31.5. The van der Waals surface area contributed by atoms with Crippen LogP contribution in [0.1, 0.15) is 36.8 Å². The van der Waals surface area contributed by atoms with E-state index in [-0.39, 0.29) is 51.5 Å². The first-order chi connectivity index (χ1) is 21.0. The Kier molecular flexibility index (Phi) is 7.42. The van der Waals surface area contributed by atoms with Crippen molar-refractivity contribution in [2.24, 2.45) is 10.2 Å². The summed E-state index contributed by atoms with van der Waals surface area (Å²) < 4.78 is 2.48. The molecule has 2 aromatic carbocycles. The van der Waals surface area contributed by atoms with Gasteiger partial charge in [0.2, 0.25) is 5.95 Å². The van der Waals surface area contributed by atoms with Gasteiger partial charge in [0.1, 0.15) is 5.69 Å². The summed E-state index contributed by atoms with van der Waals surface area (Å²) in [4.78, 5) is 49.2. The molecule has 0 amide bonds. The summed E-state index contributed by atoms with van der Waals surface area (Å²) in [5.41, 5.74) is 0.587. The van der Waals surface area contributed by atoms with Gasteiger partial charge in [0.15, 0.2) is 5.82 Å². The average Bonchev–Trinajstić information content (AvgIpc) is 3.58. The second kappa shape index (κ2) is 11.5. The molecule has 0 unspecified atom stereocenters. The smallest absolute Gasteiger partial charge is 0.335 e. The molecular formula is C26H17N11O7. The first kappa shape index (κ1) is 28.5. The van der Waals surface area contributed by atoms with Gasteiger partial charge in [-0.1, -0.05) is 0 Å². The third-order valence-electron chi connectivity index (χ3n) is 5.83. The van der Waals surface area contributed by atoms with Crippen molar-refractivity contribution in [2.75, 3.05) is 5.32 Å². The molecule has 218 valence electrons. The first-order valence-electron chi connectivity index (χ1n) is 12.1. The Labute approximate surface area is 245 Å². The number of carboxylic acids is 3. The fourth-order valence-corrected chi connectivity index (χ4v) is 3.78. The van der Waals surface area contributed by atoms with E-state index >= 15 is 0 Å². The topological polar surface area (TPSA) is 248 Å². The van der Waals surface area contributed by atoms with Gasteiger partial charge in [0.05, 0.1) is 47.0 Å². The highest BCUT2D eigenvalue weighted by Gasteiger charge is 2.17. The number of carboxylic acid groups (broad SMARTS) is 3. The highest BCUT2D eigenvalue weighted by atomic mass is 16.4. The van der Waals surface area contributed by atoms with E-state index in [0.717, 1.165) is 22.9 Å². The number of aromatic carboxylic acids is 3. The Hall–Kier alpha value is -7.03. The molecule has 0 atom stereocenters. The van der Waals surface area contributed by atoms with Crippen LogP contribution in [0.2, 0.25) is 0 Å². The number of hydrogen-bond acceptors (Lipinski definition) is 12. The molecule has 44 heavy (non-hydrogen) atoms. The van der Waals surface area contributed by atoms with Gasteiger partial charge in [-0.3, -0.25) is 0 Å². The largest absolute Gasteiger partial charge is 0.479 e. The van der Waals surface area contributed by atoms with Gasteiger partial charge in [-0.25, -0.2) is 28.6 Å². The van der Waals surface area contributed by atoms with Gasteiger partial charge in [0, 0.05) is 5.69 Å². The highest BCUT2D eigenvalue weighted by molar-refractivity contribution is 5.95. The van der Waals surface area contributed by atoms with Gasteiger partial charge < -0.3 is 25.7 Å². The van der Waals surface area contributed by atoms with E-state index in [1.165, 1.54) is 41.3 Å². The number of azo groups is 1. The van der Waals surface area contributed by atoms with Crippen LogP contribution < -0.4 is 5.32 Å². The zero-order valence-electron chi connectivity index (χ0n) is 22.2. The summed E-state index contributed by atoms with van der Waals surface area (Å²) in [6.45, 7) is 9.05. The summed E-state index contributed by atoms with van der Waals surface area (Å²) in [5.74, 6) is -4.16. The predicted octanol–water partition coefficient (Wildman–Crippen LogP) is 4.06. The lowest BCUT2D eigenvalue weighted by molar-refractivity contribution is 0.0682. The number of hydrogen-bond donors (Lipinski definition) is 5. The molecular weight excluding hydrogens is 578 g/mol. The van der Waals surface area contributed by atoms with Crippen LogP contribution in [0.4, 0.5) is 28.8 Å². The number of carbonyl (C=O) groups is 3. The summed E-state index contributed by atoms with van der Waals surface area (Å²) in [7, 11) is 0. The fourth-order valence-electron chi connectivity index (χ4n) is 3.78. The van der Waals surface area contributed by atoms with Crippen molar-refractivity contribution in [3.63, 3.8) is 0 Å². The Morgan fingerprint density at radius 2 is 1.57 bits per heavy atom. The number of benzene rings is 2. The number of rotatable bonds is 9. The van der Waals surface area contributed by atoms with Crippen LogP contribution in [0.25, 0.3) is 16.5 Å². The van der Waals surface area contributed by atoms with Crippen molar-refractivity contribution in [1.29, 1.82) is 0 Å². The SMILES string of the molecule is [C-]#[N+]c1cnn(-c2ccc(C(=O)O)cc2)c1N=Nc1cn(-c2nc(O)nc(Nc3cc(C(=O)O)cc(C(=O)O)c3)n2)nc1C. The Balaban J connectivity index is 1.45. The van der Waals surface area contributed by atoms with Crippen molar-refractivity contribution < 1.29 is 34.8 Å². The molecule has 0 radical (unpaired) electrons. The molecule has 5 N–H and O–H groups in total. The van der Waals surface area contributed by atoms with Crippen LogP contribution in [0.5, 0.6) is 6.01 Å². The first-order valence-corrected chi connectivity index (χ1v) is 12.1. The van der Waals surface area contributed by atoms with E-state index in [0.29, 0.717) is 11.4 Å². The highest BCUT2D eigenvalue weighted by Crippen LogP contribution is 2.32. The maximum absolute atomic E-state index is 11.4. The molecule has 0 saturated carbocycles. The lowest BCUT2D eigenvalue weighted by Crippen LogP contribution is -2.08. The minimum atomic E-state index is -1.35. The number of nitrogens with one attached hydrogen (secondary N) is 1. The number of aromatic hydroxyl groups is 1. The molecule has 3 aromatic heterocycles. The summed E-state index contributed by atoms with van der Waals surface area (Å²) in [6, 6.07) is 8.36. The summed E-state index contributed by atoms with van der Waals surface area (Å²) in [5, 5.41) is 57.3. The van der Waals surface area contributed by atoms with Gasteiger partial charge in [0.25, 0.3) is 11.6 Å². The minimum Gasteiger partial charge on any atom is -0.479 e. The van der Waals surface area contributed by atoms with Crippen molar-refractivity contribution >= 4 is 46.7 Å². The molecule has 0 aliphatic rings. The van der Waals surface area contributed by atoms with E-state index in [9.17, 15) is 29.7 Å². The Bertz CT molecular complexity index is 1990. The molecule has 0 saturated heterocycles. The maximum Gasteiger partial charge on any atom is 0.335 e. The van der Waals surface area contributed by atoms with Crippen LogP contribution in [0.3, 0.4) is 0 Å². The molecule has 0 fully saturated rings. The number of anilines is 2. The Morgan fingerprint density at radius 1 is 0.909 bits per heavy atom. The Morgan fingerprint density at radius 3 is 2.18 bits per heavy atom. The van der Waals surface area contributed by atoms with E-state index in [1.807, 2.05) is 0 Å². The third-order valence-corrected chi connectivity index (χ3v) is 5.83. The molecule has 0 aliphatic carbocycles. The van der Waals surface area contributed by atoms with Gasteiger partial charge in [-0.05, 0) is 49.4 Å². The van der Waals surface area contributed by atoms with Gasteiger partial charge >= 0.3 is 23.9 Å². The lowest BCUT2D eigenvalue weighted by Gasteiger charge is -2.08. The van der Waals surface area contributed by atoms with Crippen LogP contribution in [0.15, 0.2) is 65.1 Å². The van der Waals surface area contributed by atoms with Crippen LogP contribution in [-0.4, -0.2) is 72.8 Å². The monoisotopic (exact) mass is 595 g/mol. The average molecular weight is 595 g/mol. The quantitative estimate of drug-likeness (QED) is 0.119.